The van der Waals surface area contributed by atoms with Crippen LogP contribution in [-0.2, 0) is 16.6 Å². The molecule has 0 unspecified atom stereocenters. The smallest absolute Gasteiger partial charge is 0.272 e. The minimum absolute atomic E-state index is 0.0807. The van der Waals surface area contributed by atoms with Crippen molar-refractivity contribution in [1.82, 2.24) is 24.5 Å². The number of piperazine rings is 1. The first-order chi connectivity index (χ1) is 18.6. The van der Waals surface area contributed by atoms with Gasteiger partial charge in [-0.3, -0.25) is 4.79 Å². The van der Waals surface area contributed by atoms with E-state index >= 15 is 0 Å². The predicted molar refractivity (Wildman–Crippen MR) is 141 cm³/mol. The summed E-state index contributed by atoms with van der Waals surface area (Å²) in [6, 6.07) is 12.6. The quantitative estimate of drug-likeness (QED) is 0.454. The number of sulfonamides is 1. The molecule has 1 N–H and O–H groups in total. The monoisotopic (exact) mass is 557 g/mol. The van der Waals surface area contributed by atoms with Crippen LogP contribution in [0, 0.1) is 11.6 Å². The van der Waals surface area contributed by atoms with E-state index in [9.17, 15) is 22.0 Å². The normalized spacial score (nSPS) is 19.6. The Balaban J connectivity index is 1.36. The molecule has 39 heavy (non-hydrogen) atoms. The number of hydrogen-bond donors (Lipinski definition) is 1. The molecule has 206 valence electrons. The first-order valence-corrected chi connectivity index (χ1v) is 14.4. The number of nitrogens with zero attached hydrogens (tertiary/aromatic N) is 4. The number of methoxy groups -OCH3 is 1. The molecule has 0 bridgehead atoms. The van der Waals surface area contributed by atoms with Crippen LogP contribution in [0.3, 0.4) is 0 Å². The highest BCUT2D eigenvalue weighted by molar-refractivity contribution is 7.88. The van der Waals surface area contributed by atoms with E-state index in [4.69, 9.17) is 4.74 Å². The summed E-state index contributed by atoms with van der Waals surface area (Å²) < 4.78 is 57.8. The van der Waals surface area contributed by atoms with Gasteiger partial charge in [-0.15, -0.1) is 0 Å². The molecule has 9 nitrogen and oxygen atoms in total. The molecule has 1 saturated carbocycles. The van der Waals surface area contributed by atoms with E-state index in [0.29, 0.717) is 17.8 Å². The Bertz CT molecular complexity index is 1480. The van der Waals surface area contributed by atoms with Crippen LogP contribution in [0.15, 0.2) is 48.5 Å². The summed E-state index contributed by atoms with van der Waals surface area (Å²) in [6.45, 7) is 1.22. The molecular formula is C27H29F2N5O4S. The van der Waals surface area contributed by atoms with E-state index in [0.717, 1.165) is 18.2 Å². The number of aromatic nitrogens is 2. The summed E-state index contributed by atoms with van der Waals surface area (Å²) in [7, 11) is -1.96. The standard InChI is InChI=1S/C27H29F2N5O4S/c1-38-25-8-5-18(13-22(25)29)26-31-20(16-30-23-15-21(23)17-3-6-19(28)7-4-17)14-24(32-26)27(35)33-9-11-34(12-10-33)39(2,36)37/h3-8,13-14,21,23,30H,9-12,15-16H2,1-2H3/t21-,23+/m0/s1. The van der Waals surface area contributed by atoms with Crippen molar-refractivity contribution in [2.45, 2.75) is 24.9 Å². The lowest BCUT2D eigenvalue weighted by atomic mass is 10.1. The van der Waals surface area contributed by atoms with E-state index in [1.807, 2.05) is 0 Å². The van der Waals surface area contributed by atoms with Gasteiger partial charge < -0.3 is 15.0 Å². The average Bonchev–Trinajstić information content (AvgIpc) is 3.71. The molecule has 3 aromatic rings. The van der Waals surface area contributed by atoms with Crippen LogP contribution in [0.5, 0.6) is 5.75 Å². The first kappa shape index (κ1) is 27.1. The zero-order valence-electron chi connectivity index (χ0n) is 21.6. The maximum atomic E-state index is 14.5. The minimum atomic E-state index is -3.34. The van der Waals surface area contributed by atoms with Crippen LogP contribution >= 0.6 is 0 Å². The van der Waals surface area contributed by atoms with Crippen molar-refractivity contribution in [3.05, 3.63) is 77.1 Å². The molecular weight excluding hydrogens is 528 g/mol. The second kappa shape index (κ2) is 10.9. The lowest BCUT2D eigenvalue weighted by molar-refractivity contribution is 0.0692. The Morgan fingerprint density at radius 3 is 2.41 bits per heavy atom. The molecule has 5 rings (SSSR count). The van der Waals surface area contributed by atoms with E-state index in [1.54, 1.807) is 29.2 Å². The third-order valence-corrected chi connectivity index (χ3v) is 8.34. The van der Waals surface area contributed by atoms with E-state index in [1.165, 1.54) is 35.7 Å². The molecule has 1 saturated heterocycles. The van der Waals surface area contributed by atoms with Crippen molar-refractivity contribution in [2.24, 2.45) is 0 Å². The van der Waals surface area contributed by atoms with Gasteiger partial charge in [-0.05, 0) is 48.4 Å². The fraction of sp³-hybridized carbons (Fsp3) is 0.370. The number of carbonyl (C=O) groups is 1. The fourth-order valence-electron chi connectivity index (χ4n) is 4.75. The summed E-state index contributed by atoms with van der Waals surface area (Å²) in [4.78, 5) is 24.0. The number of halogens is 2. The van der Waals surface area contributed by atoms with E-state index in [-0.39, 0.29) is 67.1 Å². The fourth-order valence-corrected chi connectivity index (χ4v) is 5.58. The Labute approximate surface area is 225 Å². The van der Waals surface area contributed by atoms with Crippen molar-refractivity contribution in [1.29, 1.82) is 0 Å². The number of ether oxygens (including phenoxy) is 1. The van der Waals surface area contributed by atoms with Gasteiger partial charge in [0.05, 0.1) is 19.1 Å². The van der Waals surface area contributed by atoms with Gasteiger partial charge in [-0.25, -0.2) is 27.2 Å². The maximum Gasteiger partial charge on any atom is 0.272 e. The highest BCUT2D eigenvalue weighted by Gasteiger charge is 2.38. The Morgan fingerprint density at radius 1 is 1.05 bits per heavy atom. The molecule has 1 aliphatic heterocycles. The van der Waals surface area contributed by atoms with Crippen molar-refractivity contribution < 1.29 is 26.7 Å². The number of benzene rings is 2. The number of nitrogens with one attached hydrogen (secondary N) is 1. The number of rotatable bonds is 8. The van der Waals surface area contributed by atoms with E-state index < -0.39 is 15.8 Å². The zero-order chi connectivity index (χ0) is 27.7. The van der Waals surface area contributed by atoms with Crippen LogP contribution in [-0.4, -0.2) is 79.1 Å². The Kier molecular flexibility index (Phi) is 7.61. The second-order valence-corrected chi connectivity index (χ2v) is 11.7. The lowest BCUT2D eigenvalue weighted by Gasteiger charge is -2.33. The van der Waals surface area contributed by atoms with Gasteiger partial charge in [-0.2, -0.15) is 4.31 Å². The lowest BCUT2D eigenvalue weighted by Crippen LogP contribution is -2.50. The molecule has 1 aromatic heterocycles. The maximum absolute atomic E-state index is 14.5. The van der Waals surface area contributed by atoms with Gasteiger partial charge in [0.2, 0.25) is 10.0 Å². The minimum Gasteiger partial charge on any atom is -0.494 e. The van der Waals surface area contributed by atoms with Gasteiger partial charge in [-0.1, -0.05) is 12.1 Å². The second-order valence-electron chi connectivity index (χ2n) is 9.75. The van der Waals surface area contributed by atoms with Crippen LogP contribution in [0.1, 0.15) is 34.1 Å². The van der Waals surface area contributed by atoms with Crippen molar-refractivity contribution in [3.63, 3.8) is 0 Å². The molecule has 2 atom stereocenters. The SMILES string of the molecule is COc1ccc(-c2nc(CN[C@@H]3C[C@H]3c3ccc(F)cc3)cc(C(=O)N3CCN(S(C)(=O)=O)CC3)n2)cc1F. The van der Waals surface area contributed by atoms with Gasteiger partial charge in [0, 0.05) is 50.2 Å². The molecule has 0 spiro atoms. The third-order valence-electron chi connectivity index (χ3n) is 7.04. The first-order valence-electron chi connectivity index (χ1n) is 12.6. The molecule has 1 aliphatic carbocycles. The molecule has 2 heterocycles. The highest BCUT2D eigenvalue weighted by atomic mass is 32.2. The average molecular weight is 558 g/mol. The number of hydrogen-bond acceptors (Lipinski definition) is 7. The van der Waals surface area contributed by atoms with Gasteiger partial charge in [0.25, 0.3) is 5.91 Å². The summed E-state index contributed by atoms with van der Waals surface area (Å²) in [5.41, 5.74) is 2.14. The Hall–Kier alpha value is -3.48. The van der Waals surface area contributed by atoms with Crippen LogP contribution in [0.4, 0.5) is 8.78 Å². The van der Waals surface area contributed by atoms with Crippen LogP contribution < -0.4 is 10.1 Å². The molecule has 0 radical (unpaired) electrons. The highest BCUT2D eigenvalue weighted by Crippen LogP contribution is 2.41. The van der Waals surface area contributed by atoms with Gasteiger partial charge in [0.15, 0.2) is 17.4 Å². The Morgan fingerprint density at radius 2 is 1.77 bits per heavy atom. The summed E-state index contributed by atoms with van der Waals surface area (Å²) in [6.07, 6.45) is 2.04. The van der Waals surface area contributed by atoms with Crippen molar-refractivity contribution in [3.8, 4) is 17.1 Å². The van der Waals surface area contributed by atoms with Crippen LogP contribution in [0.2, 0.25) is 0 Å². The zero-order valence-corrected chi connectivity index (χ0v) is 22.4. The predicted octanol–water partition coefficient (Wildman–Crippen LogP) is 2.79. The summed E-state index contributed by atoms with van der Waals surface area (Å²) in [5.74, 6) is -0.668. The molecule has 2 aliphatic rings. The largest absolute Gasteiger partial charge is 0.494 e. The van der Waals surface area contributed by atoms with E-state index in [2.05, 4.69) is 15.3 Å². The molecule has 2 aromatic carbocycles. The van der Waals surface area contributed by atoms with Gasteiger partial charge in [0.1, 0.15) is 11.5 Å². The summed E-state index contributed by atoms with van der Waals surface area (Å²) in [5, 5.41) is 3.44. The topological polar surface area (TPSA) is 105 Å². The van der Waals surface area contributed by atoms with Crippen LogP contribution in [0.25, 0.3) is 11.4 Å². The van der Waals surface area contributed by atoms with Crippen molar-refractivity contribution in [2.75, 3.05) is 39.5 Å². The third kappa shape index (κ3) is 6.23. The van der Waals surface area contributed by atoms with Crippen molar-refractivity contribution >= 4 is 15.9 Å². The number of amides is 1. The number of carbonyl (C=O) groups excluding carboxylic acids is 1. The molecule has 12 heteroatoms. The molecule has 1 amide bonds. The summed E-state index contributed by atoms with van der Waals surface area (Å²) >= 11 is 0. The molecule has 2 fully saturated rings. The van der Waals surface area contributed by atoms with Gasteiger partial charge >= 0.3 is 0 Å².